The van der Waals surface area contributed by atoms with Crippen molar-refractivity contribution in [1.29, 1.82) is 0 Å². The van der Waals surface area contributed by atoms with Gasteiger partial charge in [0, 0.05) is 25.9 Å². The highest BCUT2D eigenvalue weighted by atomic mass is 28.4. The van der Waals surface area contributed by atoms with Crippen molar-refractivity contribution in [3.05, 3.63) is 60.2 Å². The van der Waals surface area contributed by atoms with Gasteiger partial charge in [0.05, 0.1) is 12.2 Å². The molecule has 0 saturated heterocycles. The Kier molecular flexibility index (Phi) is 9.86. The fourth-order valence-electron chi connectivity index (χ4n) is 2.85. The number of carbonyl (C=O) groups excluding carboxylic acids is 1. The Labute approximate surface area is 174 Å². The molecule has 0 amide bonds. The second-order valence-corrected chi connectivity index (χ2v) is 8.90. The SMILES string of the molecule is CCO[Si](CCCOc1cccc(C(=O)Oc2ccccc2)c1)(OCC)OCC. The zero-order chi connectivity index (χ0) is 21.0. The summed E-state index contributed by atoms with van der Waals surface area (Å²) >= 11 is 0. The second kappa shape index (κ2) is 12.4. The predicted molar refractivity (Wildman–Crippen MR) is 113 cm³/mol. The van der Waals surface area contributed by atoms with Gasteiger partial charge in [0.15, 0.2) is 0 Å². The number of ether oxygens (including phenoxy) is 2. The molecule has 0 N–H and O–H groups in total. The molecule has 0 aliphatic rings. The van der Waals surface area contributed by atoms with E-state index < -0.39 is 14.8 Å². The van der Waals surface area contributed by atoms with E-state index in [-0.39, 0.29) is 0 Å². The molecule has 0 aromatic heterocycles. The van der Waals surface area contributed by atoms with Crippen LogP contribution in [-0.4, -0.2) is 41.2 Å². The highest BCUT2D eigenvalue weighted by Gasteiger charge is 2.39. The molecule has 2 rings (SSSR count). The quantitative estimate of drug-likeness (QED) is 0.203. The summed E-state index contributed by atoms with van der Waals surface area (Å²) in [6, 6.07) is 16.6. The van der Waals surface area contributed by atoms with Crippen molar-refractivity contribution in [3.63, 3.8) is 0 Å². The van der Waals surface area contributed by atoms with Gasteiger partial charge in [-0.1, -0.05) is 24.3 Å². The van der Waals surface area contributed by atoms with Crippen LogP contribution in [0.4, 0.5) is 0 Å². The van der Waals surface area contributed by atoms with Crippen LogP contribution in [0.15, 0.2) is 54.6 Å². The standard InChI is InChI=1S/C22H30O6Si/c1-4-25-29(26-5-2,27-6-3)17-11-16-24-21-15-10-12-19(18-21)22(23)28-20-13-8-7-9-14-20/h7-10,12-15,18H,4-6,11,16-17H2,1-3H3. The van der Waals surface area contributed by atoms with Gasteiger partial charge in [-0.3, -0.25) is 0 Å². The van der Waals surface area contributed by atoms with E-state index in [1.807, 2.05) is 45.0 Å². The molecule has 0 saturated carbocycles. The van der Waals surface area contributed by atoms with Crippen molar-refractivity contribution in [1.82, 2.24) is 0 Å². The number of benzene rings is 2. The zero-order valence-electron chi connectivity index (χ0n) is 17.4. The normalized spacial score (nSPS) is 11.3. The minimum Gasteiger partial charge on any atom is -0.494 e. The Bertz CT molecular complexity index is 720. The maximum absolute atomic E-state index is 12.3. The zero-order valence-corrected chi connectivity index (χ0v) is 18.4. The van der Waals surface area contributed by atoms with Gasteiger partial charge in [0.1, 0.15) is 11.5 Å². The summed E-state index contributed by atoms with van der Waals surface area (Å²) in [6.07, 6.45) is 0.727. The Hall–Kier alpha value is -2.19. The third-order valence-corrected chi connectivity index (χ3v) is 7.16. The first-order valence-electron chi connectivity index (χ1n) is 10.0. The summed E-state index contributed by atoms with van der Waals surface area (Å²) in [5.41, 5.74) is 0.438. The first kappa shape index (κ1) is 23.1. The van der Waals surface area contributed by atoms with Gasteiger partial charge in [-0.2, -0.15) is 0 Å². The van der Waals surface area contributed by atoms with Crippen molar-refractivity contribution in [2.24, 2.45) is 0 Å². The van der Waals surface area contributed by atoms with E-state index in [1.165, 1.54) is 0 Å². The topological polar surface area (TPSA) is 63.2 Å². The predicted octanol–water partition coefficient (Wildman–Crippen LogP) is 4.72. The van der Waals surface area contributed by atoms with E-state index in [0.29, 0.717) is 49.5 Å². The second-order valence-electron chi connectivity index (χ2n) is 6.16. The average molecular weight is 419 g/mol. The van der Waals surface area contributed by atoms with Gasteiger partial charge in [0.25, 0.3) is 0 Å². The average Bonchev–Trinajstić information content (AvgIpc) is 2.73. The number of rotatable bonds is 13. The number of esters is 1. The minimum absolute atomic E-state index is 0.419. The van der Waals surface area contributed by atoms with Crippen molar-refractivity contribution in [2.75, 3.05) is 26.4 Å². The molecule has 7 heteroatoms. The molecule has 0 aliphatic carbocycles. The van der Waals surface area contributed by atoms with E-state index in [2.05, 4.69) is 0 Å². The smallest absolute Gasteiger partial charge is 0.494 e. The molecule has 0 bridgehead atoms. The third kappa shape index (κ3) is 7.62. The van der Waals surface area contributed by atoms with Crippen LogP contribution in [0.5, 0.6) is 11.5 Å². The Morgan fingerprint density at radius 1 is 0.828 bits per heavy atom. The molecule has 0 unspecified atom stereocenters. The van der Waals surface area contributed by atoms with Crippen LogP contribution < -0.4 is 9.47 Å². The molecule has 2 aromatic rings. The van der Waals surface area contributed by atoms with Crippen molar-refractivity contribution >= 4 is 14.8 Å². The summed E-state index contributed by atoms with van der Waals surface area (Å²) in [4.78, 5) is 12.3. The molecule has 0 spiro atoms. The number of hydrogen-bond donors (Lipinski definition) is 0. The Morgan fingerprint density at radius 2 is 1.45 bits per heavy atom. The number of para-hydroxylation sites is 1. The van der Waals surface area contributed by atoms with Crippen LogP contribution in [0, 0.1) is 0 Å². The van der Waals surface area contributed by atoms with Crippen molar-refractivity contribution in [3.8, 4) is 11.5 Å². The summed E-state index contributed by atoms with van der Waals surface area (Å²) in [5.74, 6) is 0.703. The molecular formula is C22H30O6Si. The van der Waals surface area contributed by atoms with E-state index in [0.717, 1.165) is 6.42 Å². The molecule has 0 radical (unpaired) electrons. The maximum Gasteiger partial charge on any atom is 0.501 e. The van der Waals surface area contributed by atoms with Crippen LogP contribution in [0.2, 0.25) is 6.04 Å². The highest BCUT2D eigenvalue weighted by molar-refractivity contribution is 6.60. The number of carbonyl (C=O) groups is 1. The lowest BCUT2D eigenvalue weighted by atomic mass is 10.2. The van der Waals surface area contributed by atoms with Crippen LogP contribution in [0.25, 0.3) is 0 Å². The fraction of sp³-hybridized carbons (Fsp3) is 0.409. The third-order valence-electron chi connectivity index (χ3n) is 4.01. The van der Waals surface area contributed by atoms with E-state index in [9.17, 15) is 4.79 Å². The Morgan fingerprint density at radius 3 is 2.07 bits per heavy atom. The minimum atomic E-state index is -2.66. The largest absolute Gasteiger partial charge is 0.501 e. The first-order valence-corrected chi connectivity index (χ1v) is 12.0. The molecule has 0 atom stereocenters. The molecule has 0 aliphatic heterocycles. The van der Waals surface area contributed by atoms with Crippen LogP contribution in [-0.2, 0) is 13.3 Å². The molecule has 6 nitrogen and oxygen atoms in total. The van der Waals surface area contributed by atoms with Gasteiger partial charge >= 0.3 is 14.8 Å². The number of hydrogen-bond acceptors (Lipinski definition) is 6. The van der Waals surface area contributed by atoms with Crippen LogP contribution >= 0.6 is 0 Å². The van der Waals surface area contributed by atoms with E-state index in [1.54, 1.807) is 30.3 Å². The Balaban J connectivity index is 1.89. The maximum atomic E-state index is 12.3. The first-order chi connectivity index (χ1) is 14.1. The van der Waals surface area contributed by atoms with Gasteiger partial charge in [-0.15, -0.1) is 0 Å². The summed E-state index contributed by atoms with van der Waals surface area (Å²) in [6.45, 7) is 7.96. The van der Waals surface area contributed by atoms with Gasteiger partial charge < -0.3 is 22.8 Å². The molecule has 158 valence electrons. The molecule has 0 fully saturated rings. The molecule has 2 aromatic carbocycles. The highest BCUT2D eigenvalue weighted by Crippen LogP contribution is 2.20. The van der Waals surface area contributed by atoms with Crippen molar-refractivity contribution < 1.29 is 27.5 Å². The van der Waals surface area contributed by atoms with Crippen LogP contribution in [0.3, 0.4) is 0 Å². The van der Waals surface area contributed by atoms with E-state index in [4.69, 9.17) is 22.8 Å². The summed E-state index contributed by atoms with van der Waals surface area (Å²) in [7, 11) is -2.66. The summed E-state index contributed by atoms with van der Waals surface area (Å²) in [5, 5.41) is 0. The molecule has 0 heterocycles. The van der Waals surface area contributed by atoms with Gasteiger partial charge in [-0.05, 0) is 57.5 Å². The molecular weight excluding hydrogens is 388 g/mol. The van der Waals surface area contributed by atoms with E-state index >= 15 is 0 Å². The molecule has 29 heavy (non-hydrogen) atoms. The van der Waals surface area contributed by atoms with Gasteiger partial charge in [0.2, 0.25) is 0 Å². The lowest BCUT2D eigenvalue weighted by molar-refractivity contribution is 0.0696. The summed E-state index contributed by atoms with van der Waals surface area (Å²) < 4.78 is 28.7. The monoisotopic (exact) mass is 418 g/mol. The van der Waals surface area contributed by atoms with Gasteiger partial charge in [-0.25, -0.2) is 4.79 Å². The van der Waals surface area contributed by atoms with Crippen LogP contribution in [0.1, 0.15) is 37.6 Å². The lowest BCUT2D eigenvalue weighted by Gasteiger charge is -2.28. The van der Waals surface area contributed by atoms with Crippen molar-refractivity contribution in [2.45, 2.75) is 33.2 Å². The lowest BCUT2D eigenvalue weighted by Crippen LogP contribution is -2.46. The fourth-order valence-corrected chi connectivity index (χ4v) is 5.43.